The van der Waals surface area contributed by atoms with Crippen molar-refractivity contribution >= 4 is 28.7 Å². The number of benzene rings is 2. The van der Waals surface area contributed by atoms with Crippen LogP contribution in [-0.4, -0.2) is 70.6 Å². The van der Waals surface area contributed by atoms with E-state index in [1.807, 2.05) is 59.5 Å². The third-order valence-corrected chi connectivity index (χ3v) is 6.86. The summed E-state index contributed by atoms with van der Waals surface area (Å²) < 4.78 is 6.10. The number of rotatable bonds is 10. The molecule has 0 saturated carbocycles. The Labute approximate surface area is 228 Å². The highest BCUT2D eigenvalue weighted by Crippen LogP contribution is 2.27. The molecule has 4 aromatic rings. The summed E-state index contributed by atoms with van der Waals surface area (Å²) in [5, 5.41) is 6.81. The van der Waals surface area contributed by atoms with E-state index in [0.29, 0.717) is 55.8 Å². The van der Waals surface area contributed by atoms with Crippen molar-refractivity contribution in [3.05, 3.63) is 78.0 Å². The van der Waals surface area contributed by atoms with Crippen molar-refractivity contribution in [1.29, 1.82) is 0 Å². The van der Waals surface area contributed by atoms with Crippen LogP contribution in [0.25, 0.3) is 22.4 Å². The lowest BCUT2D eigenvalue weighted by atomic mass is 10.1. The highest BCUT2D eigenvalue weighted by Gasteiger charge is 2.26. The molecule has 3 heterocycles. The molecule has 0 bridgehead atoms. The van der Waals surface area contributed by atoms with E-state index < -0.39 is 0 Å². The summed E-state index contributed by atoms with van der Waals surface area (Å²) >= 11 is 0. The summed E-state index contributed by atoms with van der Waals surface area (Å²) in [5.74, 6) is 1.03. The van der Waals surface area contributed by atoms with Gasteiger partial charge in [-0.25, -0.2) is 9.97 Å². The van der Waals surface area contributed by atoms with Gasteiger partial charge in [0.1, 0.15) is 17.2 Å². The number of piperidine rings is 1. The number of H-pyrrole nitrogens is 1. The quantitative estimate of drug-likeness (QED) is 0.269. The summed E-state index contributed by atoms with van der Waals surface area (Å²) in [4.78, 5) is 39.2. The summed E-state index contributed by atoms with van der Waals surface area (Å²) in [6.45, 7) is 4.41. The summed E-state index contributed by atoms with van der Waals surface area (Å²) in [5.41, 5.74) is 3.22. The molecule has 39 heavy (non-hydrogen) atoms. The molecular weight excluding hydrogens is 492 g/mol. The fourth-order valence-electron chi connectivity index (χ4n) is 4.78. The van der Waals surface area contributed by atoms with Crippen molar-refractivity contribution in [3.63, 3.8) is 0 Å². The molecule has 9 heteroatoms. The maximum Gasteiger partial charge on any atom is 0.270 e. The first kappa shape index (κ1) is 26.4. The Hall–Kier alpha value is -4.24. The number of anilines is 1. The van der Waals surface area contributed by atoms with E-state index in [9.17, 15) is 9.59 Å². The number of nitrogens with one attached hydrogen (secondary N) is 3. The van der Waals surface area contributed by atoms with Crippen LogP contribution in [-0.2, 0) is 16.0 Å². The van der Waals surface area contributed by atoms with Crippen LogP contribution in [0.1, 0.15) is 35.8 Å². The maximum absolute atomic E-state index is 13.4. The maximum atomic E-state index is 13.4. The zero-order valence-corrected chi connectivity index (χ0v) is 22.2. The van der Waals surface area contributed by atoms with Gasteiger partial charge in [-0.2, -0.15) is 0 Å². The fraction of sp³-hybridized carbons (Fsp3) is 0.333. The molecule has 1 saturated heterocycles. The Bertz CT molecular complexity index is 1400. The summed E-state index contributed by atoms with van der Waals surface area (Å²) in [6, 6.07) is 21.9. The molecule has 0 aliphatic carbocycles. The minimum absolute atomic E-state index is 0.0545. The number of carbonyl (C=O) groups excluding carboxylic acids is 2. The molecule has 0 atom stereocenters. The third-order valence-electron chi connectivity index (χ3n) is 6.86. The molecule has 0 radical (unpaired) electrons. The van der Waals surface area contributed by atoms with Gasteiger partial charge < -0.3 is 25.3 Å². The largest absolute Gasteiger partial charge is 0.378 e. The molecule has 3 N–H and O–H groups in total. The molecular formula is C30H34N6O3. The number of ether oxygens (including phenoxy) is 1. The van der Waals surface area contributed by atoms with Crippen molar-refractivity contribution in [3.8, 4) is 11.4 Å². The first-order valence-corrected chi connectivity index (χ1v) is 13.5. The van der Waals surface area contributed by atoms with Crippen LogP contribution in [0, 0.1) is 0 Å². The third kappa shape index (κ3) is 6.80. The number of carbonyl (C=O) groups is 2. The van der Waals surface area contributed by atoms with Gasteiger partial charge in [-0.15, -0.1) is 0 Å². The Morgan fingerprint density at radius 2 is 1.72 bits per heavy atom. The molecule has 2 aromatic carbocycles. The van der Waals surface area contributed by atoms with E-state index >= 15 is 0 Å². The number of hydrogen-bond donors (Lipinski definition) is 3. The molecule has 0 unspecified atom stereocenters. The number of hydrogen-bond acceptors (Lipinski definition) is 6. The van der Waals surface area contributed by atoms with Crippen LogP contribution in [0.15, 0.2) is 66.7 Å². The molecule has 1 aliphatic rings. The highest BCUT2D eigenvalue weighted by atomic mass is 16.5. The van der Waals surface area contributed by atoms with E-state index in [-0.39, 0.29) is 17.9 Å². The summed E-state index contributed by atoms with van der Waals surface area (Å²) in [6.07, 6.45) is 2.69. The van der Waals surface area contributed by atoms with Gasteiger partial charge in [-0.1, -0.05) is 60.7 Å². The van der Waals surface area contributed by atoms with Gasteiger partial charge in [0.15, 0.2) is 5.82 Å². The van der Waals surface area contributed by atoms with Gasteiger partial charge in [0, 0.05) is 38.7 Å². The zero-order valence-electron chi connectivity index (χ0n) is 22.2. The van der Waals surface area contributed by atoms with Crippen LogP contribution in [0.4, 0.5) is 5.82 Å². The molecule has 1 fully saturated rings. The first-order chi connectivity index (χ1) is 19.1. The Balaban J connectivity index is 1.25. The SMILES string of the molecule is CC(=O)NCCNc1nc(-c2ccccc2)nc2[nH]c(C(=O)N3CCC(OCCc4ccccc4)CC3)cc12. The lowest BCUT2D eigenvalue weighted by Crippen LogP contribution is -2.41. The van der Waals surface area contributed by atoms with Gasteiger partial charge >= 0.3 is 0 Å². The number of fused-ring (bicyclic) bond motifs is 1. The molecule has 0 spiro atoms. The van der Waals surface area contributed by atoms with Crippen molar-refractivity contribution in [2.45, 2.75) is 32.3 Å². The topological polar surface area (TPSA) is 112 Å². The van der Waals surface area contributed by atoms with Crippen molar-refractivity contribution in [2.75, 3.05) is 38.1 Å². The number of nitrogens with zero attached hydrogens (tertiary/aromatic N) is 3. The van der Waals surface area contributed by atoms with Crippen LogP contribution in [0.3, 0.4) is 0 Å². The van der Waals surface area contributed by atoms with E-state index in [4.69, 9.17) is 14.7 Å². The van der Waals surface area contributed by atoms with Crippen LogP contribution >= 0.6 is 0 Å². The lowest BCUT2D eigenvalue weighted by molar-refractivity contribution is -0.118. The summed E-state index contributed by atoms with van der Waals surface area (Å²) in [7, 11) is 0. The smallest absolute Gasteiger partial charge is 0.270 e. The first-order valence-electron chi connectivity index (χ1n) is 13.5. The molecule has 9 nitrogen and oxygen atoms in total. The molecule has 1 aliphatic heterocycles. The lowest BCUT2D eigenvalue weighted by Gasteiger charge is -2.31. The Morgan fingerprint density at radius 3 is 2.44 bits per heavy atom. The van der Waals surface area contributed by atoms with Gasteiger partial charge in [-0.3, -0.25) is 9.59 Å². The van der Waals surface area contributed by atoms with E-state index in [1.165, 1.54) is 12.5 Å². The minimum Gasteiger partial charge on any atom is -0.378 e. The van der Waals surface area contributed by atoms with E-state index in [2.05, 4.69) is 27.8 Å². The van der Waals surface area contributed by atoms with E-state index in [1.54, 1.807) is 0 Å². The second-order valence-corrected chi connectivity index (χ2v) is 9.71. The average Bonchev–Trinajstić information content (AvgIpc) is 3.41. The van der Waals surface area contributed by atoms with Gasteiger partial charge in [-0.05, 0) is 30.9 Å². The normalized spacial score (nSPS) is 13.9. The van der Waals surface area contributed by atoms with Crippen LogP contribution in [0.5, 0.6) is 0 Å². The Kier molecular flexibility index (Phi) is 8.48. The second kappa shape index (κ2) is 12.5. The zero-order chi connectivity index (χ0) is 27.0. The number of aromatic nitrogens is 3. The monoisotopic (exact) mass is 526 g/mol. The van der Waals surface area contributed by atoms with Gasteiger partial charge in [0.25, 0.3) is 5.91 Å². The predicted molar refractivity (Wildman–Crippen MR) is 152 cm³/mol. The van der Waals surface area contributed by atoms with E-state index in [0.717, 1.165) is 30.2 Å². The molecule has 5 rings (SSSR count). The fourth-order valence-corrected chi connectivity index (χ4v) is 4.78. The molecule has 202 valence electrons. The van der Waals surface area contributed by atoms with Crippen molar-refractivity contribution in [2.24, 2.45) is 0 Å². The standard InChI is InChI=1S/C30H34N6O3/c1-21(37)31-15-16-32-28-25-20-26(33-29(25)35-27(34-28)23-10-6-3-7-11-23)30(38)36-17-12-24(13-18-36)39-19-14-22-8-4-2-5-9-22/h2-11,20,24H,12-19H2,1H3,(H,31,37)(H2,32,33,34,35). The molecule has 2 aromatic heterocycles. The van der Waals surface area contributed by atoms with Crippen LogP contribution in [0.2, 0.25) is 0 Å². The second-order valence-electron chi connectivity index (χ2n) is 9.71. The van der Waals surface area contributed by atoms with Crippen molar-refractivity contribution in [1.82, 2.24) is 25.2 Å². The average molecular weight is 527 g/mol. The number of likely N-dealkylation sites (tertiary alicyclic amines) is 1. The number of amides is 2. The minimum atomic E-state index is -0.0884. The predicted octanol–water partition coefficient (Wildman–Crippen LogP) is 4.04. The highest BCUT2D eigenvalue weighted by molar-refractivity contribution is 6.00. The molecule has 2 amide bonds. The van der Waals surface area contributed by atoms with Crippen molar-refractivity contribution < 1.29 is 14.3 Å². The van der Waals surface area contributed by atoms with Gasteiger partial charge in [0.2, 0.25) is 5.91 Å². The van der Waals surface area contributed by atoms with Crippen LogP contribution < -0.4 is 10.6 Å². The number of aromatic amines is 1. The Morgan fingerprint density at radius 1 is 1.00 bits per heavy atom. The van der Waals surface area contributed by atoms with Gasteiger partial charge in [0.05, 0.1) is 18.1 Å².